The Balaban J connectivity index is 1.36. The van der Waals surface area contributed by atoms with Crippen molar-refractivity contribution >= 4 is 11.5 Å². The molecule has 138 valence electrons. The average Bonchev–Trinajstić information content (AvgIpc) is 3.00. The van der Waals surface area contributed by atoms with Gasteiger partial charge in [-0.05, 0) is 38.7 Å². The first-order valence-electron chi connectivity index (χ1n) is 9.07. The second-order valence-corrected chi connectivity index (χ2v) is 6.81. The van der Waals surface area contributed by atoms with E-state index in [0.717, 1.165) is 43.0 Å². The van der Waals surface area contributed by atoms with Gasteiger partial charge < -0.3 is 9.64 Å². The van der Waals surface area contributed by atoms with Crippen LogP contribution in [-0.4, -0.2) is 44.3 Å². The summed E-state index contributed by atoms with van der Waals surface area (Å²) in [5, 5.41) is 13.7. The molecule has 8 nitrogen and oxygen atoms in total. The van der Waals surface area contributed by atoms with Crippen molar-refractivity contribution < 1.29 is 4.74 Å². The zero-order valence-corrected chi connectivity index (χ0v) is 15.5. The molecular weight excluding hydrogens is 342 g/mol. The summed E-state index contributed by atoms with van der Waals surface area (Å²) in [4.78, 5) is 15.0. The predicted octanol–water partition coefficient (Wildman–Crippen LogP) is 2.30. The van der Waals surface area contributed by atoms with Crippen molar-refractivity contribution in [1.29, 1.82) is 5.26 Å². The van der Waals surface area contributed by atoms with Crippen molar-refractivity contribution in [2.45, 2.75) is 26.7 Å². The minimum Gasteiger partial charge on any atom is -0.476 e. The molecule has 0 unspecified atom stereocenters. The van der Waals surface area contributed by atoms with Gasteiger partial charge in [0.1, 0.15) is 6.07 Å². The van der Waals surface area contributed by atoms with E-state index in [2.05, 4.69) is 31.0 Å². The standard InChI is InChI=1S/C19H21N7O/c1-13-14(2)26-17(23-13)3-4-18(24-26)27-12-15-5-9-25(10-6-15)19-16(11-20)21-7-8-22-19/h3-4,7-8,15H,5-6,9-10,12H2,1-2H3. The third-order valence-electron chi connectivity index (χ3n) is 5.08. The summed E-state index contributed by atoms with van der Waals surface area (Å²) < 4.78 is 7.77. The number of hydrogen-bond donors (Lipinski definition) is 0. The topological polar surface area (TPSA) is 92.2 Å². The van der Waals surface area contributed by atoms with E-state index in [1.54, 1.807) is 12.4 Å². The molecule has 4 rings (SSSR count). The first-order valence-corrected chi connectivity index (χ1v) is 9.07. The molecule has 1 fully saturated rings. The number of aryl methyl sites for hydroxylation is 2. The van der Waals surface area contributed by atoms with Crippen LogP contribution in [0.1, 0.15) is 29.9 Å². The van der Waals surface area contributed by atoms with Crippen molar-refractivity contribution in [2.24, 2.45) is 5.92 Å². The van der Waals surface area contributed by atoms with Gasteiger partial charge in [-0.25, -0.2) is 19.5 Å². The van der Waals surface area contributed by atoms with E-state index in [-0.39, 0.29) is 0 Å². The number of anilines is 1. The van der Waals surface area contributed by atoms with Crippen LogP contribution in [0.3, 0.4) is 0 Å². The van der Waals surface area contributed by atoms with Crippen LogP contribution >= 0.6 is 0 Å². The first-order chi connectivity index (χ1) is 13.2. The van der Waals surface area contributed by atoms with Crippen molar-refractivity contribution in [3.05, 3.63) is 41.6 Å². The Kier molecular flexibility index (Phi) is 4.59. The fourth-order valence-electron chi connectivity index (χ4n) is 3.37. The monoisotopic (exact) mass is 363 g/mol. The molecule has 0 amide bonds. The molecular formula is C19H21N7O. The maximum atomic E-state index is 9.20. The summed E-state index contributed by atoms with van der Waals surface area (Å²) >= 11 is 0. The predicted molar refractivity (Wildman–Crippen MR) is 99.6 cm³/mol. The molecule has 4 heterocycles. The van der Waals surface area contributed by atoms with Crippen molar-refractivity contribution in [3.63, 3.8) is 0 Å². The van der Waals surface area contributed by atoms with Crippen LogP contribution in [0, 0.1) is 31.1 Å². The number of aromatic nitrogens is 5. The van der Waals surface area contributed by atoms with Crippen LogP contribution < -0.4 is 9.64 Å². The number of piperidine rings is 1. The molecule has 3 aromatic rings. The van der Waals surface area contributed by atoms with Gasteiger partial charge in [0.05, 0.1) is 18.0 Å². The molecule has 0 radical (unpaired) electrons. The van der Waals surface area contributed by atoms with Crippen molar-refractivity contribution in [2.75, 3.05) is 24.6 Å². The minimum atomic E-state index is 0.385. The molecule has 0 aromatic carbocycles. The summed E-state index contributed by atoms with van der Waals surface area (Å²) in [5.41, 5.74) is 3.23. The maximum Gasteiger partial charge on any atom is 0.231 e. The van der Waals surface area contributed by atoms with Crippen LogP contribution in [0.15, 0.2) is 24.5 Å². The fourth-order valence-corrected chi connectivity index (χ4v) is 3.37. The van der Waals surface area contributed by atoms with Crippen LogP contribution in [-0.2, 0) is 0 Å². The van der Waals surface area contributed by atoms with Crippen LogP contribution in [0.4, 0.5) is 5.82 Å². The van der Waals surface area contributed by atoms with E-state index in [1.165, 1.54) is 0 Å². The van der Waals surface area contributed by atoms with Crippen LogP contribution in [0.25, 0.3) is 5.65 Å². The highest BCUT2D eigenvalue weighted by Gasteiger charge is 2.23. The fraction of sp³-hybridized carbons (Fsp3) is 0.421. The molecule has 0 N–H and O–H groups in total. The number of nitrogens with zero attached hydrogens (tertiary/aromatic N) is 7. The molecule has 0 atom stereocenters. The van der Waals surface area contributed by atoms with E-state index in [9.17, 15) is 5.26 Å². The Hall–Kier alpha value is -3.21. The molecule has 1 saturated heterocycles. The maximum absolute atomic E-state index is 9.20. The van der Waals surface area contributed by atoms with Gasteiger partial charge >= 0.3 is 0 Å². The lowest BCUT2D eigenvalue weighted by Gasteiger charge is -2.32. The van der Waals surface area contributed by atoms with Gasteiger partial charge in [0.25, 0.3) is 0 Å². The molecule has 1 aliphatic heterocycles. The summed E-state index contributed by atoms with van der Waals surface area (Å²) in [6, 6.07) is 5.92. The highest BCUT2D eigenvalue weighted by atomic mass is 16.5. The van der Waals surface area contributed by atoms with Gasteiger partial charge in [-0.2, -0.15) is 5.26 Å². The SMILES string of the molecule is Cc1nc2ccc(OCC3CCN(c4nccnc4C#N)CC3)nn2c1C. The Bertz CT molecular complexity index is 999. The average molecular weight is 363 g/mol. The smallest absolute Gasteiger partial charge is 0.231 e. The first kappa shape index (κ1) is 17.2. The van der Waals surface area contributed by atoms with Gasteiger partial charge in [0.2, 0.25) is 5.88 Å². The van der Waals surface area contributed by atoms with Gasteiger partial charge in [-0.3, -0.25) is 0 Å². The number of hydrogen-bond acceptors (Lipinski definition) is 7. The van der Waals surface area contributed by atoms with Gasteiger partial charge in [-0.1, -0.05) is 0 Å². The lowest BCUT2D eigenvalue weighted by Crippen LogP contribution is -2.36. The molecule has 3 aromatic heterocycles. The molecule has 1 aliphatic rings. The van der Waals surface area contributed by atoms with E-state index in [0.29, 0.717) is 29.9 Å². The highest BCUT2D eigenvalue weighted by Crippen LogP contribution is 2.24. The number of imidazole rings is 1. The summed E-state index contributed by atoms with van der Waals surface area (Å²) in [6.45, 7) is 6.29. The van der Waals surface area contributed by atoms with Gasteiger partial charge in [-0.15, -0.1) is 5.10 Å². The Morgan fingerprint density at radius 3 is 2.74 bits per heavy atom. The Labute approximate surface area is 157 Å². The lowest BCUT2D eigenvalue weighted by molar-refractivity contribution is 0.213. The summed E-state index contributed by atoms with van der Waals surface area (Å²) in [7, 11) is 0. The normalized spacial score (nSPS) is 15.1. The Morgan fingerprint density at radius 1 is 1.19 bits per heavy atom. The molecule has 0 bridgehead atoms. The van der Waals surface area contributed by atoms with Gasteiger partial charge in [0.15, 0.2) is 17.2 Å². The molecule has 27 heavy (non-hydrogen) atoms. The number of rotatable bonds is 4. The number of ether oxygens (including phenoxy) is 1. The third kappa shape index (κ3) is 3.40. The van der Waals surface area contributed by atoms with Crippen LogP contribution in [0.2, 0.25) is 0 Å². The van der Waals surface area contributed by atoms with E-state index in [1.807, 2.05) is 30.5 Å². The third-order valence-corrected chi connectivity index (χ3v) is 5.08. The van der Waals surface area contributed by atoms with E-state index >= 15 is 0 Å². The quantitative estimate of drug-likeness (QED) is 0.702. The zero-order valence-electron chi connectivity index (χ0n) is 15.5. The van der Waals surface area contributed by atoms with Crippen LogP contribution in [0.5, 0.6) is 5.88 Å². The van der Waals surface area contributed by atoms with E-state index in [4.69, 9.17) is 4.74 Å². The number of fused-ring (bicyclic) bond motifs is 1. The van der Waals surface area contributed by atoms with Crippen molar-refractivity contribution in [1.82, 2.24) is 24.6 Å². The summed E-state index contributed by atoms with van der Waals surface area (Å²) in [6.07, 6.45) is 5.14. The second kappa shape index (κ2) is 7.19. The molecule has 0 spiro atoms. The van der Waals surface area contributed by atoms with E-state index < -0.39 is 0 Å². The molecule has 8 heteroatoms. The molecule has 0 saturated carbocycles. The zero-order chi connectivity index (χ0) is 18.8. The largest absolute Gasteiger partial charge is 0.476 e. The minimum absolute atomic E-state index is 0.385. The van der Waals surface area contributed by atoms with Gasteiger partial charge in [0, 0.05) is 31.5 Å². The molecule has 0 aliphatic carbocycles. The van der Waals surface area contributed by atoms with Crippen molar-refractivity contribution in [3.8, 4) is 11.9 Å². The highest BCUT2D eigenvalue weighted by molar-refractivity contribution is 5.49. The second-order valence-electron chi connectivity index (χ2n) is 6.81. The Morgan fingerprint density at radius 2 is 1.96 bits per heavy atom. The summed E-state index contributed by atoms with van der Waals surface area (Å²) in [5.74, 6) is 1.75. The lowest BCUT2D eigenvalue weighted by atomic mass is 9.98. The number of nitriles is 1.